The van der Waals surface area contributed by atoms with Gasteiger partial charge in [-0.2, -0.15) is 0 Å². The van der Waals surface area contributed by atoms with Crippen LogP contribution in [0.1, 0.15) is 0 Å². The van der Waals surface area contributed by atoms with E-state index in [1.54, 1.807) is 6.07 Å². The van der Waals surface area contributed by atoms with Crippen LogP contribution in [0.5, 0.6) is 0 Å². The first-order valence-corrected chi connectivity index (χ1v) is 6.20. The zero-order chi connectivity index (χ0) is 12.7. The van der Waals surface area contributed by atoms with Crippen molar-refractivity contribution in [2.45, 2.75) is 0 Å². The molecular formula is C12H5ClF2N2S. The van der Waals surface area contributed by atoms with Crippen molar-refractivity contribution in [2.24, 2.45) is 0 Å². The van der Waals surface area contributed by atoms with Crippen molar-refractivity contribution in [3.8, 4) is 10.4 Å². The lowest BCUT2D eigenvalue weighted by Crippen LogP contribution is -1.86. The number of thiophene rings is 1. The number of benzene rings is 1. The first-order chi connectivity index (χ1) is 8.66. The zero-order valence-electron chi connectivity index (χ0n) is 8.82. The molecule has 2 nitrogen and oxygen atoms in total. The molecule has 0 unspecified atom stereocenters. The second-order valence-corrected chi connectivity index (χ2v) is 5.00. The van der Waals surface area contributed by atoms with E-state index >= 15 is 0 Å². The van der Waals surface area contributed by atoms with Crippen LogP contribution in [0.15, 0.2) is 30.6 Å². The number of aromatic nitrogens is 2. The topological polar surface area (TPSA) is 25.8 Å². The van der Waals surface area contributed by atoms with Crippen molar-refractivity contribution >= 4 is 33.2 Å². The Morgan fingerprint density at radius 1 is 1.17 bits per heavy atom. The van der Waals surface area contributed by atoms with Crippen molar-refractivity contribution in [1.29, 1.82) is 0 Å². The Labute approximate surface area is 110 Å². The normalized spacial score (nSPS) is 11.1. The lowest BCUT2D eigenvalue weighted by molar-refractivity contribution is 0.511. The van der Waals surface area contributed by atoms with Crippen molar-refractivity contribution in [3.63, 3.8) is 0 Å². The smallest absolute Gasteiger partial charge is 0.167 e. The Bertz CT molecular complexity index is 742. The Morgan fingerprint density at radius 2 is 2.00 bits per heavy atom. The second kappa shape index (κ2) is 4.26. The molecule has 0 aliphatic carbocycles. The van der Waals surface area contributed by atoms with Gasteiger partial charge in [-0.25, -0.2) is 18.7 Å². The zero-order valence-corrected chi connectivity index (χ0v) is 10.4. The molecule has 0 saturated heterocycles. The molecule has 0 spiro atoms. The number of fused-ring (bicyclic) bond motifs is 1. The number of rotatable bonds is 1. The fourth-order valence-corrected chi connectivity index (χ4v) is 2.92. The van der Waals surface area contributed by atoms with Crippen LogP contribution in [0.4, 0.5) is 8.78 Å². The number of hydrogen-bond donors (Lipinski definition) is 0. The summed E-state index contributed by atoms with van der Waals surface area (Å²) < 4.78 is 27.5. The summed E-state index contributed by atoms with van der Waals surface area (Å²) in [6, 6.07) is 5.74. The summed E-state index contributed by atoms with van der Waals surface area (Å²) in [4.78, 5) is 8.46. The van der Waals surface area contributed by atoms with Crippen molar-refractivity contribution in [2.75, 3.05) is 0 Å². The molecule has 2 aromatic heterocycles. The number of halogens is 3. The van der Waals surface area contributed by atoms with Crippen molar-refractivity contribution < 1.29 is 8.78 Å². The van der Waals surface area contributed by atoms with Gasteiger partial charge in [0.15, 0.2) is 11.6 Å². The van der Waals surface area contributed by atoms with E-state index in [4.69, 9.17) is 11.6 Å². The fraction of sp³-hybridized carbons (Fsp3) is 0. The molecule has 0 aliphatic heterocycles. The molecule has 0 fully saturated rings. The average Bonchev–Trinajstić information content (AvgIpc) is 2.78. The maximum absolute atomic E-state index is 13.7. The maximum Gasteiger partial charge on any atom is 0.167 e. The predicted octanol–water partition coefficient (Wildman–Crippen LogP) is 4.29. The van der Waals surface area contributed by atoms with E-state index in [1.165, 1.54) is 29.8 Å². The van der Waals surface area contributed by atoms with Gasteiger partial charge in [-0.1, -0.05) is 23.7 Å². The van der Waals surface area contributed by atoms with Gasteiger partial charge in [0.2, 0.25) is 0 Å². The summed E-state index contributed by atoms with van der Waals surface area (Å²) in [6.07, 6.45) is 1.34. The highest BCUT2D eigenvalue weighted by atomic mass is 35.5. The lowest BCUT2D eigenvalue weighted by atomic mass is 10.1. The van der Waals surface area contributed by atoms with E-state index in [9.17, 15) is 8.78 Å². The van der Waals surface area contributed by atoms with Crippen LogP contribution in [0, 0.1) is 11.6 Å². The SMILES string of the molecule is Fc1cccc(-c2cc3ncnc(Cl)c3s2)c1F. The highest BCUT2D eigenvalue weighted by Gasteiger charge is 2.14. The molecule has 0 radical (unpaired) electrons. The minimum absolute atomic E-state index is 0.203. The predicted molar refractivity (Wildman–Crippen MR) is 67.8 cm³/mol. The quantitative estimate of drug-likeness (QED) is 0.622. The van der Waals surface area contributed by atoms with Crippen LogP contribution >= 0.6 is 22.9 Å². The summed E-state index contributed by atoms with van der Waals surface area (Å²) in [5, 5.41) is 0.313. The van der Waals surface area contributed by atoms with Gasteiger partial charge in [0.05, 0.1) is 10.2 Å². The third-order valence-corrected chi connectivity index (χ3v) is 4.05. The van der Waals surface area contributed by atoms with Gasteiger partial charge in [-0.05, 0) is 12.1 Å². The van der Waals surface area contributed by atoms with Crippen LogP contribution in [0.25, 0.3) is 20.7 Å². The molecule has 90 valence electrons. The molecule has 18 heavy (non-hydrogen) atoms. The third kappa shape index (κ3) is 1.76. The highest BCUT2D eigenvalue weighted by molar-refractivity contribution is 7.22. The average molecular weight is 283 g/mol. The van der Waals surface area contributed by atoms with Crippen LogP contribution in [-0.4, -0.2) is 9.97 Å². The molecule has 2 heterocycles. The standard InChI is InChI=1S/C12H5ClF2N2S/c13-12-11-8(16-5-17-12)4-9(18-11)6-2-1-3-7(14)10(6)15/h1-5H. The van der Waals surface area contributed by atoms with E-state index in [0.717, 1.165) is 6.07 Å². The van der Waals surface area contributed by atoms with Gasteiger partial charge in [0.1, 0.15) is 11.5 Å². The highest BCUT2D eigenvalue weighted by Crippen LogP contribution is 2.36. The van der Waals surface area contributed by atoms with E-state index < -0.39 is 11.6 Å². The molecule has 6 heteroatoms. The molecule has 0 amide bonds. The molecule has 0 atom stereocenters. The minimum atomic E-state index is -0.873. The van der Waals surface area contributed by atoms with Gasteiger partial charge in [-0.15, -0.1) is 11.3 Å². The van der Waals surface area contributed by atoms with Crippen molar-refractivity contribution in [3.05, 3.63) is 47.4 Å². The fourth-order valence-electron chi connectivity index (χ4n) is 1.65. The van der Waals surface area contributed by atoms with Crippen molar-refractivity contribution in [1.82, 2.24) is 9.97 Å². The molecular weight excluding hydrogens is 278 g/mol. The molecule has 3 aromatic rings. The van der Waals surface area contributed by atoms with Gasteiger partial charge < -0.3 is 0 Å². The minimum Gasteiger partial charge on any atom is -0.235 e. The van der Waals surface area contributed by atoms with Gasteiger partial charge >= 0.3 is 0 Å². The van der Waals surface area contributed by atoms with Gasteiger partial charge in [-0.3, -0.25) is 0 Å². The first kappa shape index (κ1) is 11.5. The molecule has 0 N–H and O–H groups in total. The Balaban J connectivity index is 2.26. The lowest BCUT2D eigenvalue weighted by Gasteiger charge is -1.99. The first-order valence-electron chi connectivity index (χ1n) is 5.01. The summed E-state index contributed by atoms with van der Waals surface area (Å²) in [6.45, 7) is 0. The molecule has 0 aliphatic rings. The Morgan fingerprint density at radius 3 is 2.78 bits per heavy atom. The molecule has 0 bridgehead atoms. The summed E-state index contributed by atoms with van der Waals surface area (Å²) in [7, 11) is 0. The van der Waals surface area contributed by atoms with E-state index in [-0.39, 0.29) is 5.56 Å². The summed E-state index contributed by atoms with van der Waals surface area (Å²) in [5.41, 5.74) is 0.827. The maximum atomic E-state index is 13.7. The monoisotopic (exact) mass is 282 g/mol. The van der Waals surface area contributed by atoms with Crippen LogP contribution in [-0.2, 0) is 0 Å². The van der Waals surface area contributed by atoms with E-state index in [1.807, 2.05) is 0 Å². The van der Waals surface area contributed by atoms with Crippen LogP contribution in [0.3, 0.4) is 0 Å². The van der Waals surface area contributed by atoms with Gasteiger partial charge in [0, 0.05) is 10.4 Å². The van der Waals surface area contributed by atoms with Crippen LogP contribution < -0.4 is 0 Å². The number of nitrogens with zero attached hydrogens (tertiary/aromatic N) is 2. The number of hydrogen-bond acceptors (Lipinski definition) is 3. The van der Waals surface area contributed by atoms with E-state index in [2.05, 4.69) is 9.97 Å². The Kier molecular flexibility index (Phi) is 2.72. The van der Waals surface area contributed by atoms with E-state index in [0.29, 0.717) is 20.2 Å². The molecule has 3 rings (SSSR count). The van der Waals surface area contributed by atoms with Gasteiger partial charge in [0.25, 0.3) is 0 Å². The Hall–Kier alpha value is -1.59. The second-order valence-electron chi connectivity index (χ2n) is 3.59. The summed E-state index contributed by atoms with van der Waals surface area (Å²) >= 11 is 7.16. The van der Waals surface area contributed by atoms with Crippen LogP contribution in [0.2, 0.25) is 5.15 Å². The largest absolute Gasteiger partial charge is 0.235 e. The third-order valence-electron chi connectivity index (χ3n) is 2.48. The molecule has 1 aromatic carbocycles. The molecule has 0 saturated carbocycles. The summed E-state index contributed by atoms with van der Waals surface area (Å²) in [5.74, 6) is -1.74.